The number of aliphatic carboxylic acids is 1. The number of aromatic nitrogens is 1. The lowest BCUT2D eigenvalue weighted by Crippen LogP contribution is -2.12. The Labute approximate surface area is 140 Å². The van der Waals surface area contributed by atoms with Crippen LogP contribution in [0.25, 0.3) is 10.9 Å². The molecule has 2 aromatic heterocycles. The van der Waals surface area contributed by atoms with E-state index in [-0.39, 0.29) is 18.1 Å². The van der Waals surface area contributed by atoms with Crippen molar-refractivity contribution in [2.75, 3.05) is 0 Å². The highest BCUT2D eigenvalue weighted by atomic mass is 35.5. The first-order valence-electron chi connectivity index (χ1n) is 6.73. The second kappa shape index (κ2) is 5.72. The van der Waals surface area contributed by atoms with E-state index in [9.17, 15) is 14.7 Å². The van der Waals surface area contributed by atoms with Gasteiger partial charge in [-0.1, -0.05) is 11.6 Å². The van der Waals surface area contributed by atoms with E-state index in [1.54, 1.807) is 25.1 Å². The van der Waals surface area contributed by atoms with Gasteiger partial charge in [0.2, 0.25) is 0 Å². The molecule has 2 heterocycles. The second-order valence-electron chi connectivity index (χ2n) is 5.08. The van der Waals surface area contributed by atoms with Crippen molar-refractivity contribution in [1.29, 1.82) is 0 Å². The number of phenolic OH excluding ortho intramolecular Hbond substituents is 1. The fourth-order valence-electron chi connectivity index (χ4n) is 2.65. The van der Waals surface area contributed by atoms with E-state index in [2.05, 4.69) is 0 Å². The molecule has 5 nitrogen and oxygen atoms in total. The number of carbonyl (C=O) groups excluding carboxylic acids is 1. The van der Waals surface area contributed by atoms with Crippen LogP contribution in [-0.2, 0) is 11.2 Å². The molecule has 118 valence electrons. The zero-order valence-corrected chi connectivity index (χ0v) is 13.6. The van der Waals surface area contributed by atoms with Gasteiger partial charge in [0, 0.05) is 11.1 Å². The quantitative estimate of drug-likeness (QED) is 0.755. The Hall–Kier alpha value is -2.31. The van der Waals surface area contributed by atoms with Gasteiger partial charge in [-0.2, -0.15) is 0 Å². The summed E-state index contributed by atoms with van der Waals surface area (Å²) in [7, 11) is 0. The van der Waals surface area contributed by atoms with Crippen molar-refractivity contribution in [2.45, 2.75) is 13.3 Å². The Balaban J connectivity index is 2.26. The van der Waals surface area contributed by atoms with E-state index in [0.29, 0.717) is 31.4 Å². The number of fused-ring (bicyclic) bond motifs is 1. The number of aromatic hydroxyl groups is 1. The number of phenols is 1. The lowest BCUT2D eigenvalue weighted by Gasteiger charge is -2.05. The van der Waals surface area contributed by atoms with Gasteiger partial charge in [-0.25, -0.2) is 0 Å². The van der Waals surface area contributed by atoms with Gasteiger partial charge < -0.3 is 10.2 Å². The molecule has 0 atom stereocenters. The van der Waals surface area contributed by atoms with Crippen molar-refractivity contribution in [1.82, 2.24) is 4.57 Å². The first kappa shape index (κ1) is 15.6. The third-order valence-corrected chi connectivity index (χ3v) is 4.85. The van der Waals surface area contributed by atoms with Crippen LogP contribution in [0.4, 0.5) is 0 Å². The number of nitrogens with zero attached hydrogens (tertiary/aromatic N) is 1. The Morgan fingerprint density at radius 1 is 1.26 bits per heavy atom. The topological polar surface area (TPSA) is 79.5 Å². The first-order valence-corrected chi connectivity index (χ1v) is 7.92. The van der Waals surface area contributed by atoms with Gasteiger partial charge >= 0.3 is 5.97 Å². The average molecular weight is 350 g/mol. The van der Waals surface area contributed by atoms with Crippen LogP contribution >= 0.6 is 22.9 Å². The van der Waals surface area contributed by atoms with Crippen molar-refractivity contribution in [2.24, 2.45) is 0 Å². The Morgan fingerprint density at radius 2 is 2.00 bits per heavy atom. The van der Waals surface area contributed by atoms with E-state index >= 15 is 0 Å². The molecule has 3 rings (SSSR count). The molecule has 0 aliphatic heterocycles. The molecule has 0 aliphatic rings. The zero-order chi connectivity index (χ0) is 16.7. The molecular weight excluding hydrogens is 338 g/mol. The van der Waals surface area contributed by atoms with Crippen molar-refractivity contribution >= 4 is 45.7 Å². The van der Waals surface area contributed by atoms with Crippen LogP contribution in [0.1, 0.15) is 20.9 Å². The van der Waals surface area contributed by atoms with Crippen molar-refractivity contribution < 1.29 is 19.8 Å². The largest absolute Gasteiger partial charge is 0.508 e. The Kier molecular flexibility index (Phi) is 3.87. The van der Waals surface area contributed by atoms with Gasteiger partial charge in [0.25, 0.3) is 5.91 Å². The zero-order valence-electron chi connectivity index (χ0n) is 12.0. The standard InChI is InChI=1S/C16H12ClNO4S/c1-8-10(7-15(20)21)11-6-9(19)2-3-12(11)18(8)16(22)13-4-5-14(17)23-13/h2-6,19H,7H2,1H3,(H,20,21). The molecule has 0 unspecified atom stereocenters. The average Bonchev–Trinajstić information content (AvgIpc) is 3.02. The minimum Gasteiger partial charge on any atom is -0.508 e. The number of carboxylic acids is 1. The van der Waals surface area contributed by atoms with Gasteiger partial charge in [-0.05, 0) is 42.8 Å². The maximum Gasteiger partial charge on any atom is 0.307 e. The Bertz CT molecular complexity index is 941. The second-order valence-corrected chi connectivity index (χ2v) is 6.80. The number of hydrogen-bond donors (Lipinski definition) is 2. The molecule has 0 saturated heterocycles. The summed E-state index contributed by atoms with van der Waals surface area (Å²) >= 11 is 7.05. The number of benzene rings is 1. The molecule has 0 amide bonds. The smallest absolute Gasteiger partial charge is 0.307 e. The van der Waals surface area contributed by atoms with E-state index < -0.39 is 5.97 Å². The van der Waals surface area contributed by atoms with E-state index in [1.807, 2.05) is 0 Å². The summed E-state index contributed by atoms with van der Waals surface area (Å²) in [5.41, 5.74) is 1.62. The predicted molar refractivity (Wildman–Crippen MR) is 88.7 cm³/mol. The van der Waals surface area contributed by atoms with Gasteiger partial charge in [0.05, 0.1) is 21.2 Å². The van der Waals surface area contributed by atoms with Gasteiger partial charge in [-0.3, -0.25) is 14.2 Å². The number of thiophene rings is 1. The first-order chi connectivity index (χ1) is 10.9. The maximum absolute atomic E-state index is 12.8. The number of carboxylic acid groups (broad SMARTS) is 1. The van der Waals surface area contributed by atoms with E-state index in [4.69, 9.17) is 16.7 Å². The number of rotatable bonds is 3. The summed E-state index contributed by atoms with van der Waals surface area (Å²) in [6, 6.07) is 7.84. The van der Waals surface area contributed by atoms with Crippen LogP contribution in [0.5, 0.6) is 5.75 Å². The maximum atomic E-state index is 12.8. The Morgan fingerprint density at radius 3 is 2.61 bits per heavy atom. The number of hydrogen-bond acceptors (Lipinski definition) is 4. The van der Waals surface area contributed by atoms with E-state index in [0.717, 1.165) is 11.3 Å². The lowest BCUT2D eigenvalue weighted by atomic mass is 10.1. The van der Waals surface area contributed by atoms with Gasteiger partial charge in [0.1, 0.15) is 5.75 Å². The minimum absolute atomic E-state index is 0.0212. The molecule has 23 heavy (non-hydrogen) atoms. The van der Waals surface area contributed by atoms with Gasteiger partial charge in [0.15, 0.2) is 0 Å². The van der Waals surface area contributed by atoms with Crippen LogP contribution in [-0.4, -0.2) is 26.7 Å². The fraction of sp³-hybridized carbons (Fsp3) is 0.125. The summed E-state index contributed by atoms with van der Waals surface area (Å²) in [6.45, 7) is 1.70. The summed E-state index contributed by atoms with van der Waals surface area (Å²) in [5, 5.41) is 19.4. The summed E-state index contributed by atoms with van der Waals surface area (Å²) < 4.78 is 1.97. The van der Waals surface area contributed by atoms with Crippen LogP contribution in [0.3, 0.4) is 0 Å². The van der Waals surface area contributed by atoms with Crippen molar-refractivity contribution in [3.05, 3.63) is 50.8 Å². The molecule has 2 N–H and O–H groups in total. The predicted octanol–water partition coefficient (Wildman–Crippen LogP) is 3.69. The molecule has 0 fully saturated rings. The molecule has 0 spiro atoms. The summed E-state index contributed by atoms with van der Waals surface area (Å²) in [5.74, 6) is -1.25. The molecule has 0 saturated carbocycles. The third kappa shape index (κ3) is 2.71. The molecular formula is C16H12ClNO4S. The van der Waals surface area contributed by atoms with Crippen LogP contribution < -0.4 is 0 Å². The summed E-state index contributed by atoms with van der Waals surface area (Å²) in [6.07, 6.45) is -0.225. The number of carbonyl (C=O) groups is 2. The molecule has 7 heteroatoms. The monoisotopic (exact) mass is 349 g/mol. The summed E-state index contributed by atoms with van der Waals surface area (Å²) in [4.78, 5) is 24.4. The van der Waals surface area contributed by atoms with Gasteiger partial charge in [-0.15, -0.1) is 11.3 Å². The SMILES string of the molecule is Cc1c(CC(=O)O)c2cc(O)ccc2n1C(=O)c1ccc(Cl)s1. The van der Waals surface area contributed by atoms with Crippen LogP contribution in [0, 0.1) is 6.92 Å². The molecule has 0 bridgehead atoms. The molecule has 3 aromatic rings. The normalized spacial score (nSPS) is 11.0. The van der Waals surface area contributed by atoms with Crippen LogP contribution in [0.15, 0.2) is 30.3 Å². The lowest BCUT2D eigenvalue weighted by molar-refractivity contribution is -0.136. The minimum atomic E-state index is -0.998. The molecule has 0 aliphatic carbocycles. The van der Waals surface area contributed by atoms with Crippen molar-refractivity contribution in [3.63, 3.8) is 0 Å². The highest BCUT2D eigenvalue weighted by molar-refractivity contribution is 7.18. The molecule has 0 radical (unpaired) electrons. The highest BCUT2D eigenvalue weighted by Gasteiger charge is 2.22. The molecule has 1 aromatic carbocycles. The van der Waals surface area contributed by atoms with Crippen LogP contribution in [0.2, 0.25) is 4.34 Å². The highest BCUT2D eigenvalue weighted by Crippen LogP contribution is 2.31. The number of halogens is 1. The fourth-order valence-corrected chi connectivity index (χ4v) is 3.62. The van der Waals surface area contributed by atoms with Crippen molar-refractivity contribution in [3.8, 4) is 5.75 Å². The van der Waals surface area contributed by atoms with E-state index in [1.165, 1.54) is 16.7 Å². The third-order valence-electron chi connectivity index (χ3n) is 3.63.